The zero-order valence-electron chi connectivity index (χ0n) is 14.3. The van der Waals surface area contributed by atoms with E-state index < -0.39 is 0 Å². The molecule has 0 amide bonds. The van der Waals surface area contributed by atoms with Crippen molar-refractivity contribution >= 4 is 39.6 Å². The van der Waals surface area contributed by atoms with Crippen molar-refractivity contribution in [1.29, 1.82) is 0 Å². The van der Waals surface area contributed by atoms with Crippen LogP contribution in [0.4, 0.5) is 5.00 Å². The molecule has 0 radical (unpaired) electrons. The number of rotatable bonds is 7. The minimum Gasteiger partial charge on any atom is -0.462 e. The van der Waals surface area contributed by atoms with Gasteiger partial charge in [0.25, 0.3) is 0 Å². The maximum absolute atomic E-state index is 11.8. The lowest BCUT2D eigenvalue weighted by atomic mass is 10.3. The minimum absolute atomic E-state index is 0.277. The van der Waals surface area contributed by atoms with Crippen LogP contribution < -0.4 is 15.5 Å². The highest BCUT2D eigenvalue weighted by molar-refractivity contribution is 7.80. The van der Waals surface area contributed by atoms with Gasteiger partial charge in [0.1, 0.15) is 18.0 Å². The Morgan fingerprint density at radius 2 is 2.21 bits per heavy atom. The molecule has 0 saturated carbocycles. The fraction of sp³-hybridized carbons (Fsp3) is 0.625. The van der Waals surface area contributed by atoms with Crippen LogP contribution in [-0.2, 0) is 9.47 Å². The van der Waals surface area contributed by atoms with Gasteiger partial charge in [0.05, 0.1) is 31.4 Å². The molecule has 1 fully saturated rings. The summed E-state index contributed by atoms with van der Waals surface area (Å²) in [6.45, 7) is 9.96. The van der Waals surface area contributed by atoms with Gasteiger partial charge in [0, 0.05) is 13.0 Å². The van der Waals surface area contributed by atoms with Crippen LogP contribution in [0.25, 0.3) is 0 Å². The Labute approximate surface area is 152 Å². The molecule has 1 aromatic rings. The molecule has 0 atom stereocenters. The number of esters is 1. The number of quaternary nitrogens is 1. The molecule has 0 bridgehead atoms. The van der Waals surface area contributed by atoms with E-state index in [9.17, 15) is 4.79 Å². The number of thiophene rings is 1. The van der Waals surface area contributed by atoms with E-state index in [-0.39, 0.29) is 5.97 Å². The van der Waals surface area contributed by atoms with Crippen molar-refractivity contribution in [2.45, 2.75) is 20.3 Å². The summed E-state index contributed by atoms with van der Waals surface area (Å²) in [7, 11) is 0. The van der Waals surface area contributed by atoms with E-state index in [0.717, 1.165) is 56.4 Å². The largest absolute Gasteiger partial charge is 0.462 e. The monoisotopic (exact) mass is 372 g/mol. The van der Waals surface area contributed by atoms with Crippen molar-refractivity contribution in [3.8, 4) is 0 Å². The van der Waals surface area contributed by atoms with E-state index in [1.54, 1.807) is 11.8 Å². The van der Waals surface area contributed by atoms with E-state index in [0.29, 0.717) is 16.6 Å². The minimum atomic E-state index is -0.277. The van der Waals surface area contributed by atoms with Gasteiger partial charge in [-0.3, -0.25) is 0 Å². The highest BCUT2D eigenvalue weighted by Crippen LogP contribution is 2.27. The van der Waals surface area contributed by atoms with Gasteiger partial charge in [-0.2, -0.15) is 0 Å². The third-order valence-corrected chi connectivity index (χ3v) is 5.19. The number of aryl methyl sites for hydroxylation is 1. The number of hydrogen-bond acceptors (Lipinski definition) is 5. The van der Waals surface area contributed by atoms with E-state index in [1.807, 2.05) is 13.0 Å². The van der Waals surface area contributed by atoms with Crippen molar-refractivity contribution in [3.05, 3.63) is 16.5 Å². The number of carbonyl (C=O) groups excluding carboxylic acids is 1. The Bertz CT molecular complexity index is 557. The number of carbonyl (C=O) groups is 1. The molecular weight excluding hydrogens is 346 g/mol. The van der Waals surface area contributed by atoms with E-state index in [2.05, 4.69) is 10.6 Å². The van der Waals surface area contributed by atoms with E-state index >= 15 is 0 Å². The summed E-state index contributed by atoms with van der Waals surface area (Å²) in [4.78, 5) is 14.0. The number of morpholine rings is 1. The van der Waals surface area contributed by atoms with Crippen LogP contribution in [0.5, 0.6) is 0 Å². The summed E-state index contributed by atoms with van der Waals surface area (Å²) in [5, 5.41) is 7.80. The predicted molar refractivity (Wildman–Crippen MR) is 100 cm³/mol. The van der Waals surface area contributed by atoms with Crippen LogP contribution >= 0.6 is 23.6 Å². The van der Waals surface area contributed by atoms with Crippen molar-refractivity contribution in [2.75, 3.05) is 51.3 Å². The van der Waals surface area contributed by atoms with Crippen molar-refractivity contribution in [2.24, 2.45) is 0 Å². The second kappa shape index (κ2) is 9.93. The highest BCUT2D eigenvalue weighted by atomic mass is 32.1. The third-order valence-electron chi connectivity index (χ3n) is 3.81. The van der Waals surface area contributed by atoms with E-state index in [4.69, 9.17) is 21.7 Å². The number of thiocarbonyl (C=S) groups is 1. The Balaban J connectivity index is 1.70. The fourth-order valence-corrected chi connectivity index (χ4v) is 3.80. The molecule has 1 saturated heterocycles. The topological polar surface area (TPSA) is 64.0 Å². The summed E-state index contributed by atoms with van der Waals surface area (Å²) in [5.41, 5.74) is 0.902. The first-order chi connectivity index (χ1) is 11.6. The summed E-state index contributed by atoms with van der Waals surface area (Å²) in [5.74, 6) is -0.277. The molecule has 2 rings (SSSR count). The highest BCUT2D eigenvalue weighted by Gasteiger charge is 2.15. The number of anilines is 1. The average Bonchev–Trinajstić information content (AvgIpc) is 2.93. The van der Waals surface area contributed by atoms with Crippen LogP contribution in [0.2, 0.25) is 0 Å². The molecule has 134 valence electrons. The van der Waals surface area contributed by atoms with Gasteiger partial charge in [0.2, 0.25) is 0 Å². The normalized spacial score (nSPS) is 15.1. The lowest BCUT2D eigenvalue weighted by molar-refractivity contribution is -0.908. The Hall–Kier alpha value is -1.22. The second-order valence-electron chi connectivity index (χ2n) is 5.69. The van der Waals surface area contributed by atoms with Gasteiger partial charge in [-0.15, -0.1) is 11.3 Å². The molecule has 1 aliphatic rings. The lowest BCUT2D eigenvalue weighted by Crippen LogP contribution is -3.14. The predicted octanol–water partition coefficient (Wildman–Crippen LogP) is 0.825. The molecule has 1 aliphatic heterocycles. The maximum atomic E-state index is 11.8. The van der Waals surface area contributed by atoms with Crippen LogP contribution in [0.3, 0.4) is 0 Å². The summed E-state index contributed by atoms with van der Waals surface area (Å²) in [6, 6.07) is 1.92. The first-order valence-corrected chi connectivity index (χ1v) is 9.56. The maximum Gasteiger partial charge on any atom is 0.348 e. The molecule has 24 heavy (non-hydrogen) atoms. The number of ether oxygens (including phenoxy) is 2. The quantitative estimate of drug-likeness (QED) is 0.374. The SMILES string of the molecule is CCOC(=O)c1sc(NC(=S)NCCC[NH+]2CCOCC2)cc1C. The van der Waals surface area contributed by atoms with Crippen LogP contribution in [0.1, 0.15) is 28.6 Å². The molecule has 3 N–H and O–H groups in total. The van der Waals surface area contributed by atoms with Gasteiger partial charge in [-0.25, -0.2) is 4.79 Å². The molecule has 0 spiro atoms. The smallest absolute Gasteiger partial charge is 0.348 e. The molecule has 2 heterocycles. The molecular formula is C16H26N3O3S2+. The van der Waals surface area contributed by atoms with Crippen molar-refractivity contribution < 1.29 is 19.2 Å². The third kappa shape index (κ3) is 6.01. The van der Waals surface area contributed by atoms with Gasteiger partial charge in [-0.1, -0.05) is 0 Å². The summed E-state index contributed by atoms with van der Waals surface area (Å²) in [6.07, 6.45) is 1.06. The average molecular weight is 373 g/mol. The zero-order chi connectivity index (χ0) is 17.4. The number of hydrogen-bond donors (Lipinski definition) is 3. The van der Waals surface area contributed by atoms with Crippen LogP contribution in [-0.4, -0.2) is 57.1 Å². The Morgan fingerprint density at radius 3 is 2.92 bits per heavy atom. The molecule has 0 aliphatic carbocycles. The summed E-state index contributed by atoms with van der Waals surface area (Å²) >= 11 is 6.68. The van der Waals surface area contributed by atoms with E-state index in [1.165, 1.54) is 11.3 Å². The fourth-order valence-electron chi connectivity index (χ4n) is 2.55. The second-order valence-corrected chi connectivity index (χ2v) is 7.15. The Morgan fingerprint density at radius 1 is 1.46 bits per heavy atom. The summed E-state index contributed by atoms with van der Waals surface area (Å²) < 4.78 is 10.4. The first kappa shape index (κ1) is 19.1. The van der Waals surface area contributed by atoms with Crippen LogP contribution in [0, 0.1) is 6.92 Å². The lowest BCUT2D eigenvalue weighted by Gasteiger charge is -2.23. The molecule has 0 unspecified atom stereocenters. The van der Waals surface area contributed by atoms with Gasteiger partial charge in [-0.05, 0) is 37.7 Å². The molecule has 1 aromatic heterocycles. The number of nitrogens with one attached hydrogen (secondary N) is 3. The molecule has 0 aromatic carbocycles. The van der Waals surface area contributed by atoms with Crippen molar-refractivity contribution in [3.63, 3.8) is 0 Å². The first-order valence-electron chi connectivity index (χ1n) is 8.34. The standard InChI is InChI=1S/C16H25N3O3S2/c1-3-22-15(20)14-12(2)11-13(24-14)18-16(23)17-5-4-6-19-7-9-21-10-8-19/h11H,3-10H2,1-2H3,(H2,17,18,23)/p+1. The Kier molecular flexibility index (Phi) is 7.90. The zero-order valence-corrected chi connectivity index (χ0v) is 15.9. The molecule has 8 heteroatoms. The van der Waals surface area contributed by atoms with Crippen LogP contribution in [0.15, 0.2) is 6.07 Å². The van der Waals surface area contributed by atoms with Gasteiger partial charge < -0.3 is 25.0 Å². The van der Waals surface area contributed by atoms with Gasteiger partial charge >= 0.3 is 5.97 Å². The molecule has 6 nitrogen and oxygen atoms in total. The van der Waals surface area contributed by atoms with Gasteiger partial charge in [0.15, 0.2) is 5.11 Å². The van der Waals surface area contributed by atoms with Crippen molar-refractivity contribution in [1.82, 2.24) is 5.32 Å².